The molecule has 0 aliphatic heterocycles. The minimum Gasteiger partial charge on any atom is -0.497 e. The Kier molecular flexibility index (Phi) is 6.36. The summed E-state index contributed by atoms with van der Waals surface area (Å²) in [6.07, 6.45) is 6.71. The van der Waals surface area contributed by atoms with Gasteiger partial charge in [0.15, 0.2) is 0 Å². The maximum Gasteiger partial charge on any atom is 0.331 e. The van der Waals surface area contributed by atoms with Gasteiger partial charge in [0.2, 0.25) is 0 Å². The first-order valence-electron chi connectivity index (χ1n) is 7.57. The molecular weight excluding hydrogens is 290 g/mol. The van der Waals surface area contributed by atoms with Crippen molar-refractivity contribution in [3.8, 4) is 5.75 Å². The number of carbonyl (C=O) groups excluding carboxylic acids is 1. The summed E-state index contributed by atoms with van der Waals surface area (Å²) >= 11 is 0. The summed E-state index contributed by atoms with van der Waals surface area (Å²) in [4.78, 5) is 15.9. The van der Waals surface area contributed by atoms with Crippen molar-refractivity contribution in [3.63, 3.8) is 0 Å². The maximum absolute atomic E-state index is 11.9. The number of pyridine rings is 1. The number of nitrogens with zero attached hydrogens (tertiary/aromatic N) is 1. The first-order valence-corrected chi connectivity index (χ1v) is 7.57. The summed E-state index contributed by atoms with van der Waals surface area (Å²) < 4.78 is 10.4. The van der Waals surface area contributed by atoms with Gasteiger partial charge in [-0.2, -0.15) is 0 Å². The fourth-order valence-electron chi connectivity index (χ4n) is 2.17. The van der Waals surface area contributed by atoms with Crippen molar-refractivity contribution in [1.29, 1.82) is 0 Å². The van der Waals surface area contributed by atoms with Crippen molar-refractivity contribution in [1.82, 2.24) is 4.98 Å². The molecular formula is C19H21NO3. The van der Waals surface area contributed by atoms with E-state index < -0.39 is 0 Å². The first-order chi connectivity index (χ1) is 11.2. The van der Waals surface area contributed by atoms with Gasteiger partial charge in [-0.15, -0.1) is 0 Å². The summed E-state index contributed by atoms with van der Waals surface area (Å²) in [5.74, 6) is 0.441. The Hall–Kier alpha value is -2.62. The van der Waals surface area contributed by atoms with Crippen LogP contribution in [0.5, 0.6) is 5.75 Å². The van der Waals surface area contributed by atoms with E-state index >= 15 is 0 Å². The van der Waals surface area contributed by atoms with E-state index in [-0.39, 0.29) is 5.97 Å². The predicted molar refractivity (Wildman–Crippen MR) is 90.2 cm³/mol. The largest absolute Gasteiger partial charge is 0.497 e. The quantitative estimate of drug-likeness (QED) is 0.445. The zero-order chi connectivity index (χ0) is 16.5. The fraction of sp³-hybridized carbons (Fsp3) is 0.263. The molecule has 4 nitrogen and oxygen atoms in total. The number of aromatic nitrogens is 1. The van der Waals surface area contributed by atoms with E-state index in [1.807, 2.05) is 49.5 Å². The number of aryl methyl sites for hydroxylation is 1. The van der Waals surface area contributed by atoms with Crippen LogP contribution in [-0.2, 0) is 16.0 Å². The van der Waals surface area contributed by atoms with Crippen LogP contribution in [0.25, 0.3) is 5.57 Å². The van der Waals surface area contributed by atoms with Gasteiger partial charge < -0.3 is 9.47 Å². The van der Waals surface area contributed by atoms with Crippen LogP contribution in [0.3, 0.4) is 0 Å². The van der Waals surface area contributed by atoms with E-state index in [2.05, 4.69) is 4.98 Å². The normalized spacial score (nSPS) is 11.1. The standard InChI is InChI=1S/C19H21NO3/c1-15(17-8-3-9-18(13-17)22-2)12-19(21)23-11-5-7-16-6-4-10-20-14-16/h3-4,6,8-10,12-14H,5,7,11H2,1-2H3/b15-12+. The number of esters is 1. The smallest absolute Gasteiger partial charge is 0.331 e. The third kappa shape index (κ3) is 5.58. The van der Waals surface area contributed by atoms with Gasteiger partial charge >= 0.3 is 5.97 Å². The zero-order valence-corrected chi connectivity index (χ0v) is 13.5. The number of hydrogen-bond acceptors (Lipinski definition) is 4. The number of benzene rings is 1. The lowest BCUT2D eigenvalue weighted by Crippen LogP contribution is -2.04. The van der Waals surface area contributed by atoms with Gasteiger partial charge in [-0.05, 0) is 54.7 Å². The minimum atomic E-state index is -0.323. The summed E-state index contributed by atoms with van der Waals surface area (Å²) in [6, 6.07) is 11.5. The molecule has 120 valence electrons. The van der Waals surface area contributed by atoms with Gasteiger partial charge in [0.25, 0.3) is 0 Å². The van der Waals surface area contributed by atoms with E-state index in [9.17, 15) is 4.79 Å². The number of hydrogen-bond donors (Lipinski definition) is 0. The van der Waals surface area contributed by atoms with Gasteiger partial charge in [-0.25, -0.2) is 4.79 Å². The SMILES string of the molecule is COc1cccc(/C(C)=C/C(=O)OCCCc2cccnc2)c1. The van der Waals surface area contributed by atoms with Crippen molar-refractivity contribution in [3.05, 3.63) is 66.0 Å². The molecule has 0 atom stereocenters. The molecule has 1 aromatic heterocycles. The monoisotopic (exact) mass is 311 g/mol. The van der Waals surface area contributed by atoms with Crippen LogP contribution < -0.4 is 4.74 Å². The van der Waals surface area contributed by atoms with Crippen molar-refractivity contribution in [2.75, 3.05) is 13.7 Å². The number of methoxy groups -OCH3 is 1. The van der Waals surface area contributed by atoms with Gasteiger partial charge in [-0.1, -0.05) is 18.2 Å². The molecule has 0 amide bonds. The lowest BCUT2D eigenvalue weighted by Gasteiger charge is -2.06. The third-order valence-electron chi connectivity index (χ3n) is 3.44. The molecule has 0 spiro atoms. The van der Waals surface area contributed by atoms with E-state index in [0.717, 1.165) is 35.3 Å². The number of ether oxygens (including phenoxy) is 2. The van der Waals surface area contributed by atoms with Crippen LogP contribution in [0.2, 0.25) is 0 Å². The summed E-state index contributed by atoms with van der Waals surface area (Å²) in [5.41, 5.74) is 2.93. The highest BCUT2D eigenvalue weighted by atomic mass is 16.5. The molecule has 0 aliphatic rings. The van der Waals surface area contributed by atoms with Crippen LogP contribution in [0.4, 0.5) is 0 Å². The molecule has 0 saturated carbocycles. The fourth-order valence-corrected chi connectivity index (χ4v) is 2.17. The predicted octanol–water partition coefficient (Wildman–Crippen LogP) is 3.67. The second-order valence-electron chi connectivity index (χ2n) is 5.19. The van der Waals surface area contributed by atoms with Crippen molar-refractivity contribution < 1.29 is 14.3 Å². The molecule has 0 unspecified atom stereocenters. The maximum atomic E-state index is 11.9. The number of rotatable bonds is 7. The average Bonchev–Trinajstić information content (AvgIpc) is 2.59. The van der Waals surface area contributed by atoms with E-state index in [4.69, 9.17) is 9.47 Å². The number of carbonyl (C=O) groups is 1. The van der Waals surface area contributed by atoms with E-state index in [1.54, 1.807) is 13.3 Å². The van der Waals surface area contributed by atoms with Crippen molar-refractivity contribution >= 4 is 11.5 Å². The van der Waals surface area contributed by atoms with Crippen LogP contribution >= 0.6 is 0 Å². The molecule has 0 N–H and O–H groups in total. The van der Waals surface area contributed by atoms with Gasteiger partial charge in [0.1, 0.15) is 5.75 Å². The zero-order valence-electron chi connectivity index (χ0n) is 13.5. The molecule has 0 fully saturated rings. The molecule has 0 aliphatic carbocycles. The minimum absolute atomic E-state index is 0.323. The van der Waals surface area contributed by atoms with Crippen LogP contribution in [-0.4, -0.2) is 24.7 Å². The van der Waals surface area contributed by atoms with Gasteiger partial charge in [0.05, 0.1) is 13.7 Å². The molecule has 23 heavy (non-hydrogen) atoms. The Morgan fingerprint density at radius 2 is 2.13 bits per heavy atom. The van der Waals surface area contributed by atoms with Gasteiger partial charge in [-0.3, -0.25) is 4.98 Å². The molecule has 0 saturated heterocycles. The molecule has 4 heteroatoms. The second kappa shape index (κ2) is 8.73. The number of allylic oxidation sites excluding steroid dienone is 1. The molecule has 2 aromatic rings. The highest BCUT2D eigenvalue weighted by Gasteiger charge is 2.03. The van der Waals surface area contributed by atoms with Crippen molar-refractivity contribution in [2.24, 2.45) is 0 Å². The Balaban J connectivity index is 1.81. The highest BCUT2D eigenvalue weighted by molar-refractivity contribution is 5.91. The van der Waals surface area contributed by atoms with Gasteiger partial charge in [0, 0.05) is 18.5 Å². The van der Waals surface area contributed by atoms with E-state index in [1.165, 1.54) is 6.08 Å². The molecule has 2 rings (SSSR count). The highest BCUT2D eigenvalue weighted by Crippen LogP contribution is 2.19. The second-order valence-corrected chi connectivity index (χ2v) is 5.19. The lowest BCUT2D eigenvalue weighted by molar-refractivity contribution is -0.137. The first kappa shape index (κ1) is 16.7. The van der Waals surface area contributed by atoms with Crippen molar-refractivity contribution in [2.45, 2.75) is 19.8 Å². The Morgan fingerprint density at radius 1 is 1.26 bits per heavy atom. The summed E-state index contributed by atoms with van der Waals surface area (Å²) in [7, 11) is 1.62. The summed E-state index contributed by atoms with van der Waals surface area (Å²) in [5, 5.41) is 0. The average molecular weight is 311 g/mol. The Morgan fingerprint density at radius 3 is 2.87 bits per heavy atom. The molecule has 1 heterocycles. The Labute approximate surface area is 136 Å². The lowest BCUT2D eigenvalue weighted by atomic mass is 10.1. The topological polar surface area (TPSA) is 48.4 Å². The van der Waals surface area contributed by atoms with Crippen LogP contribution in [0.1, 0.15) is 24.5 Å². The van der Waals surface area contributed by atoms with Crippen LogP contribution in [0.15, 0.2) is 54.9 Å². The molecule has 1 aromatic carbocycles. The van der Waals surface area contributed by atoms with Crippen LogP contribution in [0, 0.1) is 0 Å². The Bertz CT molecular complexity index is 665. The van der Waals surface area contributed by atoms with E-state index in [0.29, 0.717) is 6.61 Å². The summed E-state index contributed by atoms with van der Waals surface area (Å²) in [6.45, 7) is 2.28. The molecule has 0 radical (unpaired) electrons. The third-order valence-corrected chi connectivity index (χ3v) is 3.44. The molecule has 0 bridgehead atoms.